The first-order valence-corrected chi connectivity index (χ1v) is 8.24. The Morgan fingerprint density at radius 1 is 1.12 bits per heavy atom. The van der Waals surface area contributed by atoms with Gasteiger partial charge in [0.15, 0.2) is 9.84 Å². The summed E-state index contributed by atoms with van der Waals surface area (Å²) in [5, 5.41) is 0. The number of hydrogen-bond acceptors (Lipinski definition) is 5. The molecular weight excluding hydrogens is 301 g/mol. The zero-order valence-corrected chi connectivity index (χ0v) is 11.9. The number of rotatable bonds is 6. The summed E-state index contributed by atoms with van der Waals surface area (Å²) < 4.78 is 52.9. The Morgan fingerprint density at radius 3 is 1.88 bits per heavy atom. The summed E-state index contributed by atoms with van der Waals surface area (Å²) in [6.45, 7) is 2.97. The van der Waals surface area contributed by atoms with Crippen LogP contribution in [0, 0.1) is 0 Å². The summed E-state index contributed by atoms with van der Waals surface area (Å²) in [7, 11) is -7.96. The predicted octanol–water partition coefficient (Wildman–Crippen LogP) is 0.677. The van der Waals surface area contributed by atoms with Crippen LogP contribution in [0.25, 0.3) is 0 Å². The Morgan fingerprint density at radius 2 is 1.56 bits per heavy atom. The molecule has 0 aliphatic heterocycles. The molecule has 0 spiro atoms. The molecule has 0 fully saturated rings. The Bertz CT molecular complexity index is 428. The van der Waals surface area contributed by atoms with Crippen molar-refractivity contribution in [2.45, 2.75) is 19.4 Å². The molecule has 16 heavy (non-hydrogen) atoms. The minimum absolute atomic E-state index is 0.414. The Kier molecular flexibility index (Phi) is 5.50. The van der Waals surface area contributed by atoms with Gasteiger partial charge in [0.1, 0.15) is 0 Å². The van der Waals surface area contributed by atoms with Gasteiger partial charge >= 0.3 is 0 Å². The van der Waals surface area contributed by atoms with E-state index in [1.807, 2.05) is 0 Å². The minimum atomic E-state index is -4.29. The highest BCUT2D eigenvalue weighted by Crippen LogP contribution is 2.21. The average molecular weight is 314 g/mol. The summed E-state index contributed by atoms with van der Waals surface area (Å²) in [5.41, 5.74) is -1.04. The summed E-state index contributed by atoms with van der Waals surface area (Å²) in [4.78, 5) is 0. The largest absolute Gasteiger partial charge is 0.286 e. The van der Waals surface area contributed by atoms with E-state index in [1.165, 1.54) is 13.8 Å². The van der Waals surface area contributed by atoms with Crippen LogP contribution in [-0.2, 0) is 20.0 Å². The highest BCUT2D eigenvalue weighted by molar-refractivity contribution is 7.93. The van der Waals surface area contributed by atoms with Gasteiger partial charge in [0.05, 0.1) is 22.8 Å². The fraction of sp³-hybridized carbons (Fsp3) is 1.00. The van der Waals surface area contributed by atoms with Crippen LogP contribution in [0.2, 0.25) is 0 Å². The third-order valence-corrected chi connectivity index (χ3v) is 5.55. The SMILES string of the molecule is CC(C)(CS(=O)(=O)CCS(=O)(=O)O)N(Cl)Cl. The molecule has 0 aromatic rings. The van der Waals surface area contributed by atoms with Crippen molar-refractivity contribution in [1.82, 2.24) is 3.94 Å². The normalized spacial score (nSPS) is 14.4. The van der Waals surface area contributed by atoms with E-state index in [2.05, 4.69) is 0 Å². The first-order valence-electron chi connectivity index (χ1n) is 4.13. The molecule has 0 atom stereocenters. The van der Waals surface area contributed by atoms with E-state index in [4.69, 9.17) is 28.1 Å². The van der Waals surface area contributed by atoms with Gasteiger partial charge < -0.3 is 0 Å². The summed E-state index contributed by atoms with van der Waals surface area (Å²) in [6, 6.07) is 0. The van der Waals surface area contributed by atoms with Gasteiger partial charge in [-0.3, -0.25) is 4.55 Å². The lowest BCUT2D eigenvalue weighted by Gasteiger charge is -2.26. The molecular formula is C6H13Cl2NO5S2. The quantitative estimate of drug-likeness (QED) is 0.572. The van der Waals surface area contributed by atoms with Gasteiger partial charge in [-0.25, -0.2) is 8.42 Å². The van der Waals surface area contributed by atoms with E-state index < -0.39 is 42.8 Å². The van der Waals surface area contributed by atoms with Gasteiger partial charge in [0, 0.05) is 0 Å². The van der Waals surface area contributed by atoms with Crippen LogP contribution < -0.4 is 0 Å². The molecule has 0 aromatic carbocycles. The van der Waals surface area contributed by atoms with E-state index in [9.17, 15) is 16.8 Å². The molecule has 0 saturated heterocycles. The van der Waals surface area contributed by atoms with E-state index >= 15 is 0 Å². The third-order valence-electron chi connectivity index (χ3n) is 1.68. The molecule has 0 rings (SSSR count). The van der Waals surface area contributed by atoms with Crippen molar-refractivity contribution in [3.05, 3.63) is 0 Å². The molecule has 0 unspecified atom stereocenters. The van der Waals surface area contributed by atoms with Crippen molar-refractivity contribution in [3.8, 4) is 0 Å². The Balaban J connectivity index is 4.61. The maximum atomic E-state index is 11.5. The summed E-state index contributed by atoms with van der Waals surface area (Å²) >= 11 is 10.9. The second kappa shape index (κ2) is 5.36. The maximum Gasteiger partial charge on any atom is 0.265 e. The zero-order valence-electron chi connectivity index (χ0n) is 8.72. The van der Waals surface area contributed by atoms with Crippen molar-refractivity contribution >= 4 is 43.5 Å². The van der Waals surface area contributed by atoms with Gasteiger partial charge in [-0.1, -0.05) is 0 Å². The van der Waals surface area contributed by atoms with Crippen LogP contribution in [-0.4, -0.2) is 48.1 Å². The molecule has 10 heteroatoms. The van der Waals surface area contributed by atoms with Crippen LogP contribution in [0.5, 0.6) is 0 Å². The molecule has 0 aliphatic carbocycles. The van der Waals surface area contributed by atoms with E-state index in [0.717, 1.165) is 0 Å². The highest BCUT2D eigenvalue weighted by Gasteiger charge is 2.31. The van der Waals surface area contributed by atoms with Gasteiger partial charge in [-0.2, -0.15) is 8.42 Å². The predicted molar refractivity (Wildman–Crippen MR) is 62.7 cm³/mol. The monoisotopic (exact) mass is 313 g/mol. The molecule has 0 heterocycles. The molecule has 0 aromatic heterocycles. The van der Waals surface area contributed by atoms with Crippen LogP contribution in [0.15, 0.2) is 0 Å². The topological polar surface area (TPSA) is 91.8 Å². The lowest BCUT2D eigenvalue weighted by atomic mass is 10.1. The van der Waals surface area contributed by atoms with Crippen LogP contribution >= 0.6 is 23.6 Å². The van der Waals surface area contributed by atoms with E-state index in [0.29, 0.717) is 3.94 Å². The second-order valence-corrected chi connectivity index (χ2v) is 8.53. The molecule has 1 N–H and O–H groups in total. The molecule has 0 bridgehead atoms. The lowest BCUT2D eigenvalue weighted by Crippen LogP contribution is -2.40. The van der Waals surface area contributed by atoms with Crippen molar-refractivity contribution in [3.63, 3.8) is 0 Å². The van der Waals surface area contributed by atoms with Crippen LogP contribution in [0.1, 0.15) is 13.8 Å². The summed E-state index contributed by atoms with van der Waals surface area (Å²) in [5.74, 6) is -1.92. The smallest absolute Gasteiger partial charge is 0.265 e. The third kappa shape index (κ3) is 6.87. The van der Waals surface area contributed by atoms with Crippen molar-refractivity contribution < 1.29 is 21.4 Å². The molecule has 0 aliphatic rings. The van der Waals surface area contributed by atoms with Crippen LogP contribution in [0.4, 0.5) is 0 Å². The fourth-order valence-electron chi connectivity index (χ4n) is 0.891. The van der Waals surface area contributed by atoms with Gasteiger partial charge in [-0.05, 0) is 37.4 Å². The highest BCUT2D eigenvalue weighted by atomic mass is 35.5. The first kappa shape index (κ1) is 16.4. The van der Waals surface area contributed by atoms with E-state index in [-0.39, 0.29) is 0 Å². The molecule has 6 nitrogen and oxygen atoms in total. The first-order chi connectivity index (χ1) is 6.86. The molecule has 0 amide bonds. The van der Waals surface area contributed by atoms with Crippen molar-refractivity contribution in [1.29, 1.82) is 0 Å². The fourth-order valence-corrected chi connectivity index (χ4v) is 4.36. The van der Waals surface area contributed by atoms with Gasteiger partial charge in [0.2, 0.25) is 0 Å². The average Bonchev–Trinajstić information content (AvgIpc) is 1.97. The summed E-state index contributed by atoms with van der Waals surface area (Å²) in [6.07, 6.45) is 0. The number of hydrogen-bond donors (Lipinski definition) is 1. The second-order valence-electron chi connectivity index (χ2n) is 3.92. The molecule has 0 saturated carbocycles. The Hall–Kier alpha value is 0.400. The molecule has 98 valence electrons. The van der Waals surface area contributed by atoms with Crippen molar-refractivity contribution in [2.24, 2.45) is 0 Å². The van der Waals surface area contributed by atoms with Crippen LogP contribution in [0.3, 0.4) is 0 Å². The number of halogens is 2. The number of sulfone groups is 1. The van der Waals surface area contributed by atoms with Gasteiger partial charge in [0.25, 0.3) is 10.1 Å². The zero-order chi connectivity index (χ0) is 13.2. The molecule has 0 radical (unpaired) electrons. The lowest BCUT2D eigenvalue weighted by molar-refractivity contribution is 0.390. The minimum Gasteiger partial charge on any atom is -0.286 e. The van der Waals surface area contributed by atoms with E-state index in [1.54, 1.807) is 0 Å². The Labute approximate surface area is 105 Å². The van der Waals surface area contributed by atoms with Crippen molar-refractivity contribution in [2.75, 3.05) is 17.3 Å². The van der Waals surface area contributed by atoms with Gasteiger partial charge in [-0.15, -0.1) is 3.94 Å². The number of nitrogens with zero attached hydrogens (tertiary/aromatic N) is 1. The maximum absolute atomic E-state index is 11.5. The standard InChI is InChI=1S/C6H13Cl2NO5S2/c1-6(2,9(7)8)5-15(10,11)3-4-16(12,13)14/h3-5H2,1-2H3,(H,12,13,14).